The van der Waals surface area contributed by atoms with Crippen LogP contribution in [-0.4, -0.2) is 34.3 Å². The Morgan fingerprint density at radius 2 is 2.10 bits per heavy atom. The van der Waals surface area contributed by atoms with Gasteiger partial charge in [0.1, 0.15) is 17.3 Å². The fourth-order valence-electron chi connectivity index (χ4n) is 1.78. The van der Waals surface area contributed by atoms with Crippen LogP contribution in [0.15, 0.2) is 23.3 Å². The van der Waals surface area contributed by atoms with E-state index in [1.54, 1.807) is 10.9 Å². The van der Waals surface area contributed by atoms with Crippen LogP contribution in [0, 0.1) is 11.7 Å². The lowest BCUT2D eigenvalue weighted by Crippen LogP contribution is -2.00. The van der Waals surface area contributed by atoms with Crippen molar-refractivity contribution in [3.05, 3.63) is 34.4 Å². The van der Waals surface area contributed by atoms with Gasteiger partial charge < -0.3 is 9.47 Å². The van der Waals surface area contributed by atoms with E-state index in [1.807, 2.05) is 39.0 Å². The minimum atomic E-state index is 0.452. The van der Waals surface area contributed by atoms with Crippen molar-refractivity contribution >= 4 is 18.4 Å². The van der Waals surface area contributed by atoms with Crippen LogP contribution in [0.4, 0.5) is 0 Å². The van der Waals surface area contributed by atoms with E-state index in [0.29, 0.717) is 23.8 Å². The highest BCUT2D eigenvalue weighted by molar-refractivity contribution is 7.71. The molecule has 0 spiro atoms. The first-order chi connectivity index (χ1) is 10.2. The molecule has 0 saturated carbocycles. The van der Waals surface area contributed by atoms with Crippen LogP contribution in [-0.2, 0) is 0 Å². The van der Waals surface area contributed by atoms with Crippen molar-refractivity contribution in [2.75, 3.05) is 13.2 Å². The van der Waals surface area contributed by atoms with Gasteiger partial charge in [-0.15, -0.1) is 0 Å². The number of hydrogen-bond donors (Lipinski definition) is 1. The normalized spacial score (nSPS) is 11.0. The summed E-state index contributed by atoms with van der Waals surface area (Å²) < 4.78 is 13.1. The van der Waals surface area contributed by atoms with Gasteiger partial charge in [0.25, 0.3) is 0 Å². The minimum Gasteiger partial charge on any atom is -0.494 e. The number of aromatic amines is 1. The molecule has 0 aliphatic carbocycles. The van der Waals surface area contributed by atoms with Gasteiger partial charge in [-0.1, -0.05) is 0 Å². The monoisotopic (exact) mass is 306 g/mol. The summed E-state index contributed by atoms with van der Waals surface area (Å²) in [5.41, 5.74) is 0.850. The van der Waals surface area contributed by atoms with Gasteiger partial charge in [0.05, 0.1) is 19.4 Å². The van der Waals surface area contributed by atoms with E-state index >= 15 is 0 Å². The largest absolute Gasteiger partial charge is 0.494 e. The first-order valence-corrected chi connectivity index (χ1v) is 7.14. The van der Waals surface area contributed by atoms with E-state index in [-0.39, 0.29) is 0 Å². The third-order valence-electron chi connectivity index (χ3n) is 2.72. The zero-order chi connectivity index (χ0) is 15.2. The topological polar surface area (TPSA) is 64.4 Å². The summed E-state index contributed by atoms with van der Waals surface area (Å²) in [6, 6.07) is 5.64. The second-order valence-electron chi connectivity index (χ2n) is 4.20. The predicted octanol–water partition coefficient (Wildman–Crippen LogP) is 2.93. The number of nitrogens with one attached hydrogen (secondary N) is 1. The summed E-state index contributed by atoms with van der Waals surface area (Å²) in [5, 5.41) is 11.0. The third kappa shape index (κ3) is 3.69. The fraction of sp³-hybridized carbons (Fsp3) is 0.357. The first kappa shape index (κ1) is 15.2. The van der Waals surface area contributed by atoms with Crippen molar-refractivity contribution in [1.29, 1.82) is 0 Å². The molecule has 2 aromatic rings. The highest BCUT2D eigenvalue weighted by Crippen LogP contribution is 2.24. The lowest BCUT2D eigenvalue weighted by Gasteiger charge is -2.09. The van der Waals surface area contributed by atoms with Crippen LogP contribution in [0.25, 0.3) is 0 Å². The van der Waals surface area contributed by atoms with Crippen LogP contribution < -0.4 is 9.47 Å². The summed E-state index contributed by atoms with van der Waals surface area (Å²) in [7, 11) is 0. The summed E-state index contributed by atoms with van der Waals surface area (Å²) in [5.74, 6) is 2.19. The van der Waals surface area contributed by atoms with Gasteiger partial charge in [0.15, 0.2) is 0 Å². The quantitative estimate of drug-likeness (QED) is 0.658. The van der Waals surface area contributed by atoms with Crippen molar-refractivity contribution in [1.82, 2.24) is 14.9 Å². The Labute approximate surface area is 128 Å². The molecular formula is C14H18N4O2S. The maximum absolute atomic E-state index is 5.62. The van der Waals surface area contributed by atoms with Crippen molar-refractivity contribution < 1.29 is 9.47 Å². The van der Waals surface area contributed by atoms with E-state index < -0.39 is 0 Å². The molecule has 1 heterocycles. The van der Waals surface area contributed by atoms with E-state index in [9.17, 15) is 0 Å². The predicted molar refractivity (Wildman–Crippen MR) is 83.9 cm³/mol. The molecule has 1 aromatic carbocycles. The second kappa shape index (κ2) is 7.03. The Morgan fingerprint density at radius 3 is 2.71 bits per heavy atom. The summed E-state index contributed by atoms with van der Waals surface area (Å²) >= 11 is 5.11. The standard InChI is InChI=1S/C14H18N4O2S/c1-4-19-12-7-6-11(13(8-12)20-5-2)9-15-18-10(3)16-17-14(18)21/h6-9H,4-5H2,1-3H3,(H,17,21)/b15-9-. The second-order valence-corrected chi connectivity index (χ2v) is 4.58. The Kier molecular flexibility index (Phi) is 5.10. The Hall–Kier alpha value is -2.15. The first-order valence-electron chi connectivity index (χ1n) is 6.73. The van der Waals surface area contributed by atoms with Gasteiger partial charge in [-0.2, -0.15) is 14.9 Å². The highest BCUT2D eigenvalue weighted by Gasteiger charge is 2.05. The number of aromatic nitrogens is 3. The van der Waals surface area contributed by atoms with Crippen molar-refractivity contribution in [3.63, 3.8) is 0 Å². The maximum atomic E-state index is 5.62. The number of nitrogens with zero attached hydrogens (tertiary/aromatic N) is 3. The number of ether oxygens (including phenoxy) is 2. The Balaban J connectivity index is 2.32. The smallest absolute Gasteiger partial charge is 0.216 e. The molecule has 0 radical (unpaired) electrons. The van der Waals surface area contributed by atoms with Crippen molar-refractivity contribution in [2.24, 2.45) is 5.10 Å². The molecule has 21 heavy (non-hydrogen) atoms. The Morgan fingerprint density at radius 1 is 1.33 bits per heavy atom. The van der Waals surface area contributed by atoms with Gasteiger partial charge in [-0.05, 0) is 45.1 Å². The van der Waals surface area contributed by atoms with E-state index in [0.717, 1.165) is 17.1 Å². The molecule has 0 unspecified atom stereocenters. The SMILES string of the molecule is CCOc1ccc(/C=N\n2c(C)n[nH]c2=S)c(OCC)c1. The molecule has 0 atom stereocenters. The molecule has 1 N–H and O–H groups in total. The molecule has 0 aliphatic heterocycles. The van der Waals surface area contributed by atoms with Crippen LogP contribution in [0.5, 0.6) is 11.5 Å². The number of hydrogen-bond acceptors (Lipinski definition) is 5. The summed E-state index contributed by atoms with van der Waals surface area (Å²) in [4.78, 5) is 0. The number of H-pyrrole nitrogens is 1. The van der Waals surface area contributed by atoms with Crippen molar-refractivity contribution in [3.8, 4) is 11.5 Å². The molecular weight excluding hydrogens is 288 g/mol. The van der Waals surface area contributed by atoms with Crippen molar-refractivity contribution in [2.45, 2.75) is 20.8 Å². The van der Waals surface area contributed by atoms with Gasteiger partial charge in [-0.25, -0.2) is 0 Å². The Bertz CT molecular complexity index is 691. The van der Waals surface area contributed by atoms with Crippen LogP contribution in [0.2, 0.25) is 0 Å². The van der Waals surface area contributed by atoms with Gasteiger partial charge in [0, 0.05) is 11.6 Å². The summed E-state index contributed by atoms with van der Waals surface area (Å²) in [6.07, 6.45) is 1.69. The van der Waals surface area contributed by atoms with E-state index in [2.05, 4.69) is 15.3 Å². The highest BCUT2D eigenvalue weighted by atomic mass is 32.1. The number of benzene rings is 1. The molecule has 6 nitrogen and oxygen atoms in total. The minimum absolute atomic E-state index is 0.452. The lowest BCUT2D eigenvalue weighted by molar-refractivity contribution is 0.323. The zero-order valence-corrected chi connectivity index (χ0v) is 13.1. The molecule has 2 rings (SSSR count). The molecule has 0 fully saturated rings. The van der Waals surface area contributed by atoms with Crippen LogP contribution in [0.3, 0.4) is 0 Å². The average molecular weight is 306 g/mol. The zero-order valence-electron chi connectivity index (χ0n) is 12.3. The maximum Gasteiger partial charge on any atom is 0.216 e. The fourth-order valence-corrected chi connectivity index (χ4v) is 2.01. The molecule has 0 amide bonds. The van der Waals surface area contributed by atoms with Crippen LogP contribution >= 0.6 is 12.2 Å². The van der Waals surface area contributed by atoms with E-state index in [4.69, 9.17) is 21.7 Å². The molecule has 1 aromatic heterocycles. The van der Waals surface area contributed by atoms with Gasteiger partial charge in [-0.3, -0.25) is 5.10 Å². The van der Waals surface area contributed by atoms with E-state index in [1.165, 1.54) is 0 Å². The third-order valence-corrected chi connectivity index (χ3v) is 2.98. The molecule has 7 heteroatoms. The molecule has 0 aliphatic rings. The number of rotatable bonds is 6. The average Bonchev–Trinajstić information content (AvgIpc) is 2.78. The molecule has 0 saturated heterocycles. The van der Waals surface area contributed by atoms with Crippen LogP contribution in [0.1, 0.15) is 25.2 Å². The number of aryl methyl sites for hydroxylation is 1. The lowest BCUT2D eigenvalue weighted by atomic mass is 10.2. The molecule has 0 bridgehead atoms. The summed E-state index contributed by atoms with van der Waals surface area (Å²) in [6.45, 7) is 6.89. The molecule has 112 valence electrons. The van der Waals surface area contributed by atoms with Gasteiger partial charge >= 0.3 is 0 Å². The van der Waals surface area contributed by atoms with Gasteiger partial charge in [0.2, 0.25) is 4.77 Å².